The van der Waals surface area contributed by atoms with Crippen molar-refractivity contribution in [1.82, 2.24) is 14.7 Å². The van der Waals surface area contributed by atoms with Crippen molar-refractivity contribution >= 4 is 17.4 Å². The maximum atomic E-state index is 12.5. The zero-order valence-corrected chi connectivity index (χ0v) is 16.3. The molecule has 6 nitrogen and oxygen atoms in total. The number of unbranched alkanes of at least 4 members (excludes halogenated alkanes) is 1. The molecule has 2 saturated heterocycles. The number of carbonyl (C=O) groups excluding carboxylic acids is 1. The Morgan fingerprint density at radius 3 is 2.23 bits per heavy atom. The lowest BCUT2D eigenvalue weighted by Gasteiger charge is -2.35. The van der Waals surface area contributed by atoms with Gasteiger partial charge < -0.3 is 20.0 Å². The summed E-state index contributed by atoms with van der Waals surface area (Å²) in [7, 11) is 2.17. The third kappa shape index (κ3) is 5.11. The highest BCUT2D eigenvalue weighted by Gasteiger charge is 2.21. The number of carbonyl (C=O) groups is 1. The largest absolute Gasteiger partial charge is 0.369 e. The standard InChI is InChI=1S/C20H33N5O/c1-3-4-9-23-12-16-25(17-13-23)20(26)21-18-5-7-19(8-6-18)24-14-10-22(2)11-15-24/h5-8H,3-4,9-17H2,1-2H3,(H,21,26). The van der Waals surface area contributed by atoms with E-state index in [2.05, 4.69) is 46.1 Å². The maximum Gasteiger partial charge on any atom is 0.321 e. The number of piperazine rings is 2. The van der Waals surface area contributed by atoms with Gasteiger partial charge in [-0.25, -0.2) is 4.79 Å². The van der Waals surface area contributed by atoms with Crippen LogP contribution in [0.15, 0.2) is 24.3 Å². The van der Waals surface area contributed by atoms with Crippen LogP contribution in [0.25, 0.3) is 0 Å². The monoisotopic (exact) mass is 359 g/mol. The number of rotatable bonds is 5. The molecule has 0 aromatic heterocycles. The van der Waals surface area contributed by atoms with E-state index in [1.807, 2.05) is 17.0 Å². The number of nitrogens with zero attached hydrogens (tertiary/aromatic N) is 4. The minimum atomic E-state index is 0.0208. The minimum Gasteiger partial charge on any atom is -0.369 e. The Hall–Kier alpha value is -1.79. The average molecular weight is 360 g/mol. The molecule has 0 bridgehead atoms. The third-order valence-electron chi connectivity index (χ3n) is 5.47. The molecule has 0 unspecified atom stereocenters. The van der Waals surface area contributed by atoms with Crippen LogP contribution >= 0.6 is 0 Å². The van der Waals surface area contributed by atoms with E-state index in [-0.39, 0.29) is 6.03 Å². The van der Waals surface area contributed by atoms with Crippen LogP contribution in [0.4, 0.5) is 16.2 Å². The number of benzene rings is 1. The zero-order valence-electron chi connectivity index (χ0n) is 16.3. The van der Waals surface area contributed by atoms with Crippen molar-refractivity contribution in [2.75, 3.05) is 76.2 Å². The van der Waals surface area contributed by atoms with Crippen molar-refractivity contribution < 1.29 is 4.79 Å². The van der Waals surface area contributed by atoms with E-state index in [0.29, 0.717) is 0 Å². The molecule has 0 spiro atoms. The Bertz CT molecular complexity index is 560. The summed E-state index contributed by atoms with van der Waals surface area (Å²) in [4.78, 5) is 21.6. The fraction of sp³-hybridized carbons (Fsp3) is 0.650. The van der Waals surface area contributed by atoms with Crippen molar-refractivity contribution in [3.63, 3.8) is 0 Å². The van der Waals surface area contributed by atoms with Crippen molar-refractivity contribution in [2.45, 2.75) is 19.8 Å². The second-order valence-electron chi connectivity index (χ2n) is 7.45. The second kappa shape index (κ2) is 9.24. The van der Waals surface area contributed by atoms with Gasteiger partial charge in [0.25, 0.3) is 0 Å². The first-order valence-corrected chi connectivity index (χ1v) is 9.97. The molecule has 2 fully saturated rings. The highest BCUT2D eigenvalue weighted by molar-refractivity contribution is 5.89. The fourth-order valence-corrected chi connectivity index (χ4v) is 3.58. The molecule has 3 rings (SSSR count). The number of anilines is 2. The van der Waals surface area contributed by atoms with E-state index in [9.17, 15) is 4.79 Å². The lowest BCUT2D eigenvalue weighted by Crippen LogP contribution is -2.50. The normalized spacial score (nSPS) is 19.6. The number of hydrogen-bond acceptors (Lipinski definition) is 4. The quantitative estimate of drug-likeness (QED) is 0.877. The van der Waals surface area contributed by atoms with Gasteiger partial charge in [0, 0.05) is 63.7 Å². The highest BCUT2D eigenvalue weighted by atomic mass is 16.2. The predicted molar refractivity (Wildman–Crippen MR) is 108 cm³/mol. The molecule has 144 valence electrons. The number of amides is 2. The molecular weight excluding hydrogens is 326 g/mol. The molecule has 1 aromatic carbocycles. The summed E-state index contributed by atoms with van der Waals surface area (Å²) >= 11 is 0. The van der Waals surface area contributed by atoms with Crippen molar-refractivity contribution in [2.24, 2.45) is 0 Å². The van der Waals surface area contributed by atoms with Crippen LogP contribution in [0.3, 0.4) is 0 Å². The molecular formula is C20H33N5O. The molecule has 0 aliphatic carbocycles. The minimum absolute atomic E-state index is 0.0208. The Morgan fingerprint density at radius 2 is 1.62 bits per heavy atom. The van der Waals surface area contributed by atoms with Gasteiger partial charge in [-0.15, -0.1) is 0 Å². The van der Waals surface area contributed by atoms with E-state index >= 15 is 0 Å². The summed E-state index contributed by atoms with van der Waals surface area (Å²) in [6, 6.07) is 8.28. The van der Waals surface area contributed by atoms with E-state index in [1.165, 1.54) is 18.5 Å². The van der Waals surface area contributed by atoms with Gasteiger partial charge in [0.2, 0.25) is 0 Å². The van der Waals surface area contributed by atoms with Crippen molar-refractivity contribution in [3.05, 3.63) is 24.3 Å². The summed E-state index contributed by atoms with van der Waals surface area (Å²) in [5, 5.41) is 3.05. The first-order chi connectivity index (χ1) is 12.7. The molecule has 2 aliphatic rings. The molecule has 26 heavy (non-hydrogen) atoms. The predicted octanol–water partition coefficient (Wildman–Crippen LogP) is 2.39. The van der Waals surface area contributed by atoms with Crippen LogP contribution in [0.5, 0.6) is 0 Å². The summed E-state index contributed by atoms with van der Waals surface area (Å²) in [6.45, 7) is 11.3. The van der Waals surface area contributed by atoms with Gasteiger partial charge in [-0.2, -0.15) is 0 Å². The Labute approximate surface area is 157 Å². The third-order valence-corrected chi connectivity index (χ3v) is 5.47. The molecule has 0 radical (unpaired) electrons. The number of nitrogens with one attached hydrogen (secondary N) is 1. The number of likely N-dealkylation sites (N-methyl/N-ethyl adjacent to an activating group) is 1. The lowest BCUT2D eigenvalue weighted by atomic mass is 10.2. The summed E-state index contributed by atoms with van der Waals surface area (Å²) in [5.41, 5.74) is 2.11. The Kier molecular flexibility index (Phi) is 6.74. The summed E-state index contributed by atoms with van der Waals surface area (Å²) in [5.74, 6) is 0. The van der Waals surface area contributed by atoms with E-state index in [1.54, 1.807) is 0 Å². The second-order valence-corrected chi connectivity index (χ2v) is 7.45. The number of hydrogen-bond donors (Lipinski definition) is 1. The molecule has 1 N–H and O–H groups in total. The van der Waals surface area contributed by atoms with Crippen LogP contribution in [-0.4, -0.2) is 86.7 Å². The molecule has 2 heterocycles. The van der Waals surface area contributed by atoms with Gasteiger partial charge in [0.05, 0.1) is 0 Å². The molecule has 2 aliphatic heterocycles. The van der Waals surface area contributed by atoms with Crippen molar-refractivity contribution in [1.29, 1.82) is 0 Å². The van der Waals surface area contributed by atoms with Gasteiger partial charge in [0.15, 0.2) is 0 Å². The highest BCUT2D eigenvalue weighted by Crippen LogP contribution is 2.19. The maximum absolute atomic E-state index is 12.5. The van der Waals surface area contributed by atoms with Crippen molar-refractivity contribution in [3.8, 4) is 0 Å². The molecule has 0 saturated carbocycles. The van der Waals surface area contributed by atoms with Gasteiger partial charge in [0.1, 0.15) is 0 Å². The van der Waals surface area contributed by atoms with E-state index in [0.717, 1.165) is 64.6 Å². The molecule has 2 amide bonds. The van der Waals surface area contributed by atoms with Crippen LogP contribution < -0.4 is 10.2 Å². The van der Waals surface area contributed by atoms with Crippen LogP contribution in [0.1, 0.15) is 19.8 Å². The Morgan fingerprint density at radius 1 is 0.962 bits per heavy atom. The van der Waals surface area contributed by atoms with Gasteiger partial charge >= 0.3 is 6.03 Å². The smallest absolute Gasteiger partial charge is 0.321 e. The summed E-state index contributed by atoms with van der Waals surface area (Å²) < 4.78 is 0. The SMILES string of the molecule is CCCCN1CCN(C(=O)Nc2ccc(N3CCN(C)CC3)cc2)CC1. The first-order valence-electron chi connectivity index (χ1n) is 9.97. The average Bonchev–Trinajstić information content (AvgIpc) is 2.68. The van der Waals surface area contributed by atoms with Gasteiger partial charge in [-0.3, -0.25) is 4.90 Å². The zero-order chi connectivity index (χ0) is 18.4. The molecule has 1 aromatic rings. The van der Waals surface area contributed by atoms with E-state index < -0.39 is 0 Å². The van der Waals surface area contributed by atoms with Gasteiger partial charge in [-0.05, 0) is 44.3 Å². The van der Waals surface area contributed by atoms with Crippen LogP contribution in [0, 0.1) is 0 Å². The molecule has 0 atom stereocenters. The van der Waals surface area contributed by atoms with Gasteiger partial charge in [-0.1, -0.05) is 13.3 Å². The topological polar surface area (TPSA) is 42.1 Å². The molecule has 6 heteroatoms. The number of urea groups is 1. The van der Waals surface area contributed by atoms with Crippen LogP contribution in [0.2, 0.25) is 0 Å². The lowest BCUT2D eigenvalue weighted by molar-refractivity contribution is 0.146. The Balaban J connectivity index is 1.46. The first kappa shape index (κ1) is 19.0. The fourth-order valence-electron chi connectivity index (χ4n) is 3.58. The summed E-state index contributed by atoms with van der Waals surface area (Å²) in [6.07, 6.45) is 2.47. The van der Waals surface area contributed by atoms with E-state index in [4.69, 9.17) is 0 Å². The van der Waals surface area contributed by atoms with Crippen LogP contribution in [-0.2, 0) is 0 Å².